The minimum Gasteiger partial charge on any atom is -0.496 e. The van der Waals surface area contributed by atoms with Gasteiger partial charge < -0.3 is 14.0 Å². The monoisotopic (exact) mass is 301 g/mol. The van der Waals surface area contributed by atoms with Gasteiger partial charge in [0.2, 0.25) is 23.0 Å². The van der Waals surface area contributed by atoms with Gasteiger partial charge in [0.05, 0.1) is 19.3 Å². The first-order valence-corrected chi connectivity index (χ1v) is 6.53. The number of carbonyl (C=O) groups excluding carboxylic acids is 3. The molecule has 7 nitrogen and oxygen atoms in total. The first-order valence-electron chi connectivity index (χ1n) is 6.53. The van der Waals surface area contributed by atoms with Gasteiger partial charge in [0.15, 0.2) is 0 Å². The molecule has 0 amide bonds. The highest BCUT2D eigenvalue weighted by molar-refractivity contribution is 6.30. The number of ether oxygens (including phenoxy) is 2. The van der Waals surface area contributed by atoms with Crippen molar-refractivity contribution < 1.29 is 28.4 Å². The van der Waals surface area contributed by atoms with Gasteiger partial charge in [0, 0.05) is 5.56 Å². The van der Waals surface area contributed by atoms with Crippen molar-refractivity contribution in [1.82, 2.24) is 5.16 Å². The van der Waals surface area contributed by atoms with E-state index in [4.69, 9.17) is 14.0 Å². The zero-order valence-corrected chi connectivity index (χ0v) is 11.8. The topological polar surface area (TPSA) is 95.7 Å². The molecule has 0 radical (unpaired) electrons. The zero-order valence-electron chi connectivity index (χ0n) is 11.8. The number of esters is 1. The number of hydrogen-bond donors (Lipinski definition) is 0. The van der Waals surface area contributed by atoms with Gasteiger partial charge in [-0.25, -0.2) is 4.79 Å². The van der Waals surface area contributed by atoms with Crippen LogP contribution in [0.3, 0.4) is 0 Å². The summed E-state index contributed by atoms with van der Waals surface area (Å²) in [6, 6.07) is 4.64. The maximum atomic E-state index is 12.6. The molecule has 0 saturated heterocycles. The third-order valence-corrected chi connectivity index (χ3v) is 3.31. The molecule has 1 heterocycles. The standard InChI is InChI=1S/C15H11NO6/c1-3-21-15(19)11-10-12(17)7-5-4-6-8(20-2)9(7)13(18)14(10)22-16-11/h4-6H,3H2,1-2H3. The first kappa shape index (κ1) is 14.0. The van der Waals surface area contributed by atoms with Crippen LogP contribution < -0.4 is 4.74 Å². The van der Waals surface area contributed by atoms with E-state index in [1.165, 1.54) is 13.2 Å². The predicted octanol–water partition coefficient (Wildman–Crippen LogP) is 1.64. The molecule has 2 aromatic rings. The van der Waals surface area contributed by atoms with E-state index in [9.17, 15) is 14.4 Å². The van der Waals surface area contributed by atoms with Crippen LogP contribution in [0.5, 0.6) is 5.75 Å². The Morgan fingerprint density at radius 2 is 2.00 bits per heavy atom. The largest absolute Gasteiger partial charge is 0.496 e. The summed E-state index contributed by atoms with van der Waals surface area (Å²) in [5.41, 5.74) is -0.201. The van der Waals surface area contributed by atoms with Gasteiger partial charge in [-0.3, -0.25) is 9.59 Å². The Hall–Kier alpha value is -2.96. The van der Waals surface area contributed by atoms with Crippen LogP contribution in [0, 0.1) is 0 Å². The van der Waals surface area contributed by atoms with Crippen molar-refractivity contribution in [2.75, 3.05) is 13.7 Å². The average Bonchev–Trinajstić information content (AvgIpc) is 2.97. The van der Waals surface area contributed by atoms with Gasteiger partial charge in [-0.05, 0) is 13.0 Å². The second-order valence-electron chi connectivity index (χ2n) is 4.50. The molecule has 0 unspecified atom stereocenters. The number of carbonyl (C=O) groups is 3. The fourth-order valence-electron chi connectivity index (χ4n) is 2.37. The third-order valence-electron chi connectivity index (χ3n) is 3.31. The summed E-state index contributed by atoms with van der Waals surface area (Å²) in [6.07, 6.45) is 0. The summed E-state index contributed by atoms with van der Waals surface area (Å²) in [5.74, 6) is -1.89. The number of nitrogens with zero attached hydrogens (tertiary/aromatic N) is 1. The van der Waals surface area contributed by atoms with Crippen LogP contribution in [0.4, 0.5) is 0 Å². The number of benzene rings is 1. The van der Waals surface area contributed by atoms with E-state index in [1.807, 2.05) is 0 Å². The Bertz CT molecular complexity index is 804. The van der Waals surface area contributed by atoms with Crippen LogP contribution in [0.15, 0.2) is 22.7 Å². The van der Waals surface area contributed by atoms with Crippen molar-refractivity contribution in [3.8, 4) is 5.75 Å². The summed E-state index contributed by atoms with van der Waals surface area (Å²) in [4.78, 5) is 36.9. The van der Waals surface area contributed by atoms with Crippen LogP contribution in [0.25, 0.3) is 0 Å². The van der Waals surface area contributed by atoms with E-state index < -0.39 is 17.5 Å². The van der Waals surface area contributed by atoms with Crippen molar-refractivity contribution in [2.24, 2.45) is 0 Å². The SMILES string of the molecule is CCOC(=O)c1noc2c1C(=O)c1cccc(OC)c1C2=O. The second-order valence-corrected chi connectivity index (χ2v) is 4.50. The Labute approximate surface area is 124 Å². The van der Waals surface area contributed by atoms with E-state index in [1.54, 1.807) is 19.1 Å². The Morgan fingerprint density at radius 3 is 2.68 bits per heavy atom. The molecule has 0 spiro atoms. The van der Waals surface area contributed by atoms with Gasteiger partial charge in [0.25, 0.3) is 0 Å². The van der Waals surface area contributed by atoms with E-state index in [0.717, 1.165) is 0 Å². The zero-order chi connectivity index (χ0) is 15.9. The van der Waals surface area contributed by atoms with Gasteiger partial charge in [-0.2, -0.15) is 0 Å². The molecular formula is C15H11NO6. The number of ketones is 2. The minimum atomic E-state index is -0.806. The van der Waals surface area contributed by atoms with E-state index in [0.29, 0.717) is 0 Å². The quantitative estimate of drug-likeness (QED) is 0.678. The molecule has 0 aliphatic heterocycles. The van der Waals surface area contributed by atoms with Crippen LogP contribution >= 0.6 is 0 Å². The molecule has 1 aromatic carbocycles. The molecule has 0 atom stereocenters. The maximum absolute atomic E-state index is 12.6. The van der Waals surface area contributed by atoms with Gasteiger partial charge >= 0.3 is 5.97 Å². The van der Waals surface area contributed by atoms with Gasteiger partial charge in [-0.15, -0.1) is 0 Å². The molecule has 0 bridgehead atoms. The van der Waals surface area contributed by atoms with Gasteiger partial charge in [-0.1, -0.05) is 17.3 Å². The molecule has 0 fully saturated rings. The summed E-state index contributed by atoms with van der Waals surface area (Å²) in [6.45, 7) is 1.74. The van der Waals surface area contributed by atoms with Crippen LogP contribution in [-0.2, 0) is 4.74 Å². The molecule has 7 heteroatoms. The molecular weight excluding hydrogens is 290 g/mol. The fourth-order valence-corrected chi connectivity index (χ4v) is 2.37. The molecule has 1 aromatic heterocycles. The number of rotatable bonds is 3. The molecule has 112 valence electrons. The average molecular weight is 301 g/mol. The van der Waals surface area contributed by atoms with Crippen LogP contribution in [-0.4, -0.2) is 36.4 Å². The lowest BCUT2D eigenvalue weighted by Gasteiger charge is -2.15. The molecule has 0 saturated carbocycles. The van der Waals surface area contributed by atoms with Crippen LogP contribution in [0.2, 0.25) is 0 Å². The lowest BCUT2D eigenvalue weighted by molar-refractivity contribution is 0.0512. The number of aromatic nitrogens is 1. The predicted molar refractivity (Wildman–Crippen MR) is 72.3 cm³/mol. The van der Waals surface area contributed by atoms with E-state index >= 15 is 0 Å². The number of hydrogen-bond acceptors (Lipinski definition) is 7. The Balaban J connectivity index is 2.20. The van der Waals surface area contributed by atoms with E-state index in [-0.39, 0.29) is 40.5 Å². The van der Waals surface area contributed by atoms with Crippen molar-refractivity contribution in [3.63, 3.8) is 0 Å². The van der Waals surface area contributed by atoms with Crippen molar-refractivity contribution >= 4 is 17.5 Å². The Kier molecular flexibility index (Phi) is 3.25. The maximum Gasteiger partial charge on any atom is 0.361 e. The fraction of sp³-hybridized carbons (Fsp3) is 0.200. The summed E-state index contributed by atoms with van der Waals surface area (Å²) < 4.78 is 14.8. The molecule has 1 aliphatic rings. The lowest BCUT2D eigenvalue weighted by Crippen LogP contribution is -2.22. The normalized spacial score (nSPS) is 12.6. The van der Waals surface area contributed by atoms with Gasteiger partial charge in [0.1, 0.15) is 11.3 Å². The summed E-state index contributed by atoms with van der Waals surface area (Å²) in [5, 5.41) is 3.52. The second kappa shape index (κ2) is 5.10. The van der Waals surface area contributed by atoms with Crippen molar-refractivity contribution in [1.29, 1.82) is 0 Å². The highest BCUT2D eigenvalue weighted by atomic mass is 16.5. The smallest absolute Gasteiger partial charge is 0.361 e. The highest BCUT2D eigenvalue weighted by Crippen LogP contribution is 2.34. The lowest BCUT2D eigenvalue weighted by atomic mass is 9.86. The Morgan fingerprint density at radius 1 is 1.23 bits per heavy atom. The minimum absolute atomic E-state index is 0.106. The van der Waals surface area contributed by atoms with Crippen LogP contribution in [0.1, 0.15) is 49.5 Å². The third kappa shape index (κ3) is 1.82. The van der Waals surface area contributed by atoms with E-state index in [2.05, 4.69) is 5.16 Å². The summed E-state index contributed by atoms with van der Waals surface area (Å²) >= 11 is 0. The molecule has 22 heavy (non-hydrogen) atoms. The molecule has 3 rings (SSSR count). The molecule has 1 aliphatic carbocycles. The molecule has 0 N–H and O–H groups in total. The number of fused-ring (bicyclic) bond motifs is 2. The van der Waals surface area contributed by atoms with Crippen molar-refractivity contribution in [3.05, 3.63) is 46.3 Å². The first-order chi connectivity index (χ1) is 10.6. The highest BCUT2D eigenvalue weighted by Gasteiger charge is 2.40. The number of methoxy groups -OCH3 is 1. The summed E-state index contributed by atoms with van der Waals surface area (Å²) in [7, 11) is 1.40. The van der Waals surface area contributed by atoms with Crippen molar-refractivity contribution in [2.45, 2.75) is 6.92 Å².